The first-order valence-electron chi connectivity index (χ1n) is 35.6. The number of alkyl halides is 3. The third kappa shape index (κ3) is 89.6. The van der Waals surface area contributed by atoms with Gasteiger partial charge in [-0.1, -0.05) is 41.5 Å². The zero-order valence-electron chi connectivity index (χ0n) is 72.0. The summed E-state index contributed by atoms with van der Waals surface area (Å²) in [6, 6.07) is 1.71. The number of hydrazine groups is 1. The summed E-state index contributed by atoms with van der Waals surface area (Å²) < 4.78 is 111. The number of nitrogens with two attached hydrogens (primary N) is 1. The Hall–Kier alpha value is 4.83. The van der Waals surface area contributed by atoms with Crippen LogP contribution in [0.15, 0.2) is 12.7 Å². The third-order valence-corrected chi connectivity index (χ3v) is 44.8. The van der Waals surface area contributed by atoms with Crippen LogP contribution in [0, 0.1) is 71.0 Å². The van der Waals surface area contributed by atoms with Crippen LogP contribution in [0.25, 0.3) is 0 Å². The summed E-state index contributed by atoms with van der Waals surface area (Å²) in [5, 5.41) is 10.7. The predicted octanol–water partition coefficient (Wildman–Crippen LogP) is 14.7. The van der Waals surface area contributed by atoms with Gasteiger partial charge >= 0.3 is 565 Å². The topological polar surface area (TPSA) is 236 Å². The van der Waals surface area contributed by atoms with Crippen molar-refractivity contribution in [1.82, 2.24) is 20.9 Å². The number of rotatable bonds is 22. The molecule has 0 bridgehead atoms. The number of hydrogen-bond donors (Lipinski definition) is 7. The zero-order valence-corrected chi connectivity index (χ0v) is 105. The molecule has 8 N–H and O–H groups in total. The molecule has 3 fully saturated rings. The third-order valence-electron chi connectivity index (χ3n) is 13.2. The normalized spacial score (nSPS) is 18.2. The van der Waals surface area contributed by atoms with Crippen LogP contribution in [0.3, 0.4) is 0 Å². The van der Waals surface area contributed by atoms with Gasteiger partial charge in [0.25, 0.3) is 7.52 Å². The van der Waals surface area contributed by atoms with Crippen LogP contribution in [0.5, 0.6) is 0 Å². The number of nitrogens with one attached hydrogen (secondary N) is 3. The molecule has 0 saturated carbocycles. The fourth-order valence-corrected chi connectivity index (χ4v) is 11.0. The number of ether oxygens (including phenoxy) is 2. The van der Waals surface area contributed by atoms with E-state index in [2.05, 4.69) is 178 Å². The van der Waals surface area contributed by atoms with Gasteiger partial charge in [0.15, 0.2) is 12.8 Å². The molecule has 106 heavy (non-hydrogen) atoms. The van der Waals surface area contributed by atoms with Crippen LogP contribution in [-0.4, -0.2) is 163 Å². The average Bonchev–Trinajstić information content (AvgIpc) is 1.64. The molecule has 3 heterocycles. The van der Waals surface area contributed by atoms with Crippen LogP contribution in [0.1, 0.15) is 242 Å². The molecule has 0 spiro atoms. The maximum atomic E-state index is 11.7. The molecule has 0 radical (unpaired) electrons. The summed E-state index contributed by atoms with van der Waals surface area (Å²) in [5.41, 5.74) is 4.68. The number of likely N-dealkylation sites (N-methyl/N-ethyl adjacent to an activating group) is 1. The van der Waals surface area contributed by atoms with Crippen molar-refractivity contribution in [2.24, 2.45) is 65.0 Å². The Balaban J connectivity index is -0.000000102. The molecule has 0 aromatic heterocycles. The van der Waals surface area contributed by atoms with Gasteiger partial charge < -0.3 is 14.5 Å². The molecule has 3 aliphatic heterocycles. The number of sulfone groups is 1. The number of halogens is 3. The van der Waals surface area contributed by atoms with Gasteiger partial charge in [-0.15, -0.1) is 0 Å². The number of hydrogen-bond acceptors (Lipinski definition) is 12. The Morgan fingerprint density at radius 1 is 0.632 bits per heavy atom. The Kier molecular flexibility index (Phi) is 93.3. The summed E-state index contributed by atoms with van der Waals surface area (Å²) in [7, 11) is -7.01. The van der Waals surface area contributed by atoms with Crippen molar-refractivity contribution in [2.75, 3.05) is 26.6 Å². The van der Waals surface area contributed by atoms with E-state index in [1.807, 2.05) is 75.3 Å². The summed E-state index contributed by atoms with van der Waals surface area (Å²) in [6.45, 7) is 77.9. The van der Waals surface area contributed by atoms with E-state index in [1.165, 1.54) is 89.5 Å². The van der Waals surface area contributed by atoms with Gasteiger partial charge in [0.2, 0.25) is 0 Å². The van der Waals surface area contributed by atoms with Crippen molar-refractivity contribution in [3.63, 3.8) is 0 Å². The average molecular weight is 3290 g/mol. The molecule has 10 atom stereocenters. The van der Waals surface area contributed by atoms with Gasteiger partial charge in [-0.3, -0.25) is 13.3 Å². The van der Waals surface area contributed by atoms with Gasteiger partial charge in [0.05, 0.1) is 22.2 Å². The molecule has 10 unspecified atom stereocenters. The van der Waals surface area contributed by atoms with Crippen molar-refractivity contribution in [1.29, 1.82) is 0 Å². The Labute approximate surface area is 761 Å². The fraction of sp³-hybridized carbons (Fsp3) is 0.811. The van der Waals surface area contributed by atoms with E-state index in [-0.39, 0.29) is 43.6 Å². The molecule has 632 valence electrons. The van der Waals surface area contributed by atoms with Gasteiger partial charge in [-0.2, -0.15) is 0 Å². The molecule has 0 amide bonds. The van der Waals surface area contributed by atoms with Crippen molar-refractivity contribution < 1.29 is 253 Å². The Morgan fingerprint density at radius 3 is 1.01 bits per heavy atom. The second-order valence-corrected chi connectivity index (χ2v) is 55.1. The maximum absolute atomic E-state index is 11.7. The summed E-state index contributed by atoms with van der Waals surface area (Å²) in [5.74, 6) is 16.9. The van der Waals surface area contributed by atoms with Crippen LogP contribution < -0.4 is 21.8 Å². The van der Waals surface area contributed by atoms with E-state index in [4.69, 9.17) is 30.3 Å². The Bertz CT molecular complexity index is 2770. The first-order chi connectivity index (χ1) is 47.3. The molecule has 3 rings (SSSR count). The second kappa shape index (κ2) is 73.7. The number of nitrogens with zero attached hydrogens (tertiary/aromatic N) is 1. The minimum absolute atomic E-state index is 0.0324. The second-order valence-electron chi connectivity index (χ2n) is 28.6. The number of allylic oxidation sites excluding steroid dienone is 1. The van der Waals surface area contributed by atoms with E-state index in [0.29, 0.717) is 55.2 Å². The van der Waals surface area contributed by atoms with Gasteiger partial charge in [-0.05, 0) is 34.6 Å². The summed E-state index contributed by atoms with van der Waals surface area (Å²) >= 11 is 14.5. The van der Waals surface area contributed by atoms with E-state index in [0.717, 1.165) is 45.7 Å². The van der Waals surface area contributed by atoms with Crippen LogP contribution in [0.4, 0.5) is 13.2 Å². The number of epoxide rings is 2. The molecular weight excluding hydrogens is 3140 g/mol. The predicted molar refractivity (Wildman–Crippen MR) is 425 cm³/mol. The van der Waals surface area contributed by atoms with Crippen molar-refractivity contribution >= 4 is 74.8 Å². The first kappa shape index (κ1) is 134. The van der Waals surface area contributed by atoms with Crippen molar-refractivity contribution in [3.8, 4) is 11.8 Å². The minimum atomic E-state index is -4.07. The Morgan fingerprint density at radius 2 is 0.972 bits per heavy atom. The van der Waals surface area contributed by atoms with Crippen LogP contribution in [-0.2, 0) is 233 Å². The van der Waals surface area contributed by atoms with Crippen LogP contribution >= 0.6 is 14.9 Å². The van der Waals surface area contributed by atoms with E-state index in [9.17, 15) is 34.9 Å². The molecule has 3 saturated heterocycles. The molecule has 0 aromatic carbocycles. The molecule has 0 aliphatic carbocycles. The molecule has 32 heteroatoms. The van der Waals surface area contributed by atoms with Gasteiger partial charge in [0, 0.05) is 36.5 Å². The van der Waals surface area contributed by atoms with E-state index < -0.39 is 41.7 Å². The quantitative estimate of drug-likeness (QED) is 0.0175. The standard InChI is InChI=1S/C8H15N.C7H12O.C7H14.C7H10.C6H12O2S.2C6H10.C5H7F3.C4H10N2.C4H12NO2P.C4H9NO.C4H11O2P.C4H10O2S.C2H6.10W/c1-6(2)5-8-7(3)9(8)4;1-5(2)4-7-6(3)8-7;1-6(2)5-7(3)4;1-4-5-6-7(2)3;1-4(2)9(7)6-5(3)8-6;2*1-4-5-6(2)3;1-4(2)3-5(6,7)8;1-4(2)3-6-5;1-4(2)5-8(3,6)7;1-4(2)3-5-6;2*1-4(2)7(3,5)6;1-2;;;;;;;;;;/h6-8H,1-4H3;5-7H,1-3H3;6-7H,1-4H3;7H,1-3H3;4-6H,1-3H3;6H,1-3H3;4,6H,1H2,2-3H3;4H,1-2H3;4,6H,5H2,1-2H3;4H,1-3H3,(H2,5,6,7);4-6H,1-2H3;4H,1-3H3,(H,5,6);4H,1-3H3;1-2H3;;;;;;;;;;. The first-order valence-corrected chi connectivity index (χ1v) is 57.8. The molecule has 3 aliphatic rings. The van der Waals surface area contributed by atoms with Gasteiger partial charge in [-0.25, -0.2) is 13.5 Å². The van der Waals surface area contributed by atoms with Crippen LogP contribution in [0.2, 0.25) is 0 Å². The van der Waals surface area contributed by atoms with E-state index >= 15 is 0 Å². The van der Waals surface area contributed by atoms with Crippen molar-refractivity contribution in [3.05, 3.63) is 12.7 Å². The summed E-state index contributed by atoms with van der Waals surface area (Å²) in [4.78, 5) is 19.7. The zero-order chi connectivity index (χ0) is 88.1. The summed E-state index contributed by atoms with van der Waals surface area (Å²) in [6.07, 6.45) is 0.370. The van der Waals surface area contributed by atoms with Crippen molar-refractivity contribution in [2.45, 2.75) is 307 Å². The fourth-order valence-electron chi connectivity index (χ4n) is 5.44. The molecule has 0 aromatic rings. The molecular formula is C74H148F3N5O10P2S2W10. The number of hydroxylamine groups is 1. The van der Waals surface area contributed by atoms with Gasteiger partial charge in [0.1, 0.15) is 9.84 Å². The molecule has 15 nitrogen and oxygen atoms in total. The SMILES string of the molecule is C=C[C](=[W])C(C)C.CC.CC#C[C](=[W])C(C)C.CC(C)NP(C)(=O)O.CC(C)P(C)(=O)O.CC(C)S(C)(=O)=O.CC(C)[C](=[W])C(C)C.CC(C)[C](=[W])C(F)(F)F.CC(C)[C](=[W])C1C(C)N1C.CC(C)[C](=[W])C1OC1C.CC(C)[C](=[W])NN.CC(C)[C](=[W])NO.CC1OC1S(=O)C(C)C.C[C](=[W])[C](=[W])C(C)C. The van der Waals surface area contributed by atoms with E-state index in [1.54, 1.807) is 177 Å². The monoisotopic (exact) mass is 3290 g/mol.